The van der Waals surface area contributed by atoms with Crippen LogP contribution in [0.2, 0.25) is 0 Å². The predicted molar refractivity (Wildman–Crippen MR) is 125 cm³/mol. The number of guanidine groups is 1. The summed E-state index contributed by atoms with van der Waals surface area (Å²) in [6.07, 6.45) is 6.97. The van der Waals surface area contributed by atoms with Gasteiger partial charge in [-0.15, -0.1) is 24.0 Å². The Morgan fingerprint density at radius 2 is 1.85 bits per heavy atom. The molecule has 0 aliphatic carbocycles. The van der Waals surface area contributed by atoms with Crippen molar-refractivity contribution in [2.24, 2.45) is 4.99 Å². The molecule has 0 amide bonds. The molecule has 1 aliphatic rings. The first kappa shape index (κ1) is 24.0. The zero-order valence-electron chi connectivity index (χ0n) is 16.9. The highest BCUT2D eigenvalue weighted by Gasteiger charge is 2.19. The maximum atomic E-state index is 9.33. The number of nitrogens with one attached hydrogen (secondary N) is 2. The molecule has 154 valence electrons. The summed E-state index contributed by atoms with van der Waals surface area (Å²) in [6, 6.07) is 7.99. The molecule has 6 heteroatoms. The Morgan fingerprint density at radius 3 is 2.48 bits per heavy atom. The van der Waals surface area contributed by atoms with Crippen molar-refractivity contribution >= 4 is 29.9 Å². The van der Waals surface area contributed by atoms with Gasteiger partial charge in [-0.05, 0) is 63.3 Å². The van der Waals surface area contributed by atoms with Gasteiger partial charge in [0.05, 0.1) is 0 Å². The van der Waals surface area contributed by atoms with E-state index in [1.807, 2.05) is 12.1 Å². The van der Waals surface area contributed by atoms with E-state index >= 15 is 0 Å². The summed E-state index contributed by atoms with van der Waals surface area (Å²) in [6.45, 7) is 9.70. The fourth-order valence-corrected chi connectivity index (χ4v) is 3.33. The lowest BCUT2D eigenvalue weighted by molar-refractivity contribution is 0.203. The van der Waals surface area contributed by atoms with E-state index in [1.165, 1.54) is 50.9 Å². The van der Waals surface area contributed by atoms with Crippen molar-refractivity contribution in [1.29, 1.82) is 0 Å². The summed E-state index contributed by atoms with van der Waals surface area (Å²) in [5, 5.41) is 16.3. The summed E-state index contributed by atoms with van der Waals surface area (Å²) in [5.41, 5.74) is 1.25. The van der Waals surface area contributed by atoms with Crippen LogP contribution in [0.4, 0.5) is 0 Å². The van der Waals surface area contributed by atoms with E-state index in [0.717, 1.165) is 31.9 Å². The van der Waals surface area contributed by atoms with E-state index < -0.39 is 0 Å². The monoisotopic (exact) mass is 488 g/mol. The van der Waals surface area contributed by atoms with E-state index in [9.17, 15) is 5.11 Å². The van der Waals surface area contributed by atoms with Crippen LogP contribution in [0, 0.1) is 0 Å². The molecule has 0 unspecified atom stereocenters. The maximum Gasteiger partial charge on any atom is 0.191 e. The van der Waals surface area contributed by atoms with Crippen LogP contribution >= 0.6 is 24.0 Å². The Labute approximate surface area is 182 Å². The molecule has 1 saturated heterocycles. The largest absolute Gasteiger partial charge is 0.508 e. The minimum atomic E-state index is 0. The predicted octanol–water partition coefficient (Wildman–Crippen LogP) is 3.76. The SMILES string of the molecule is CCCCN1CCC(NC(=NCCCc2ccc(O)cc2)NCC)CC1.I. The van der Waals surface area contributed by atoms with Crippen molar-refractivity contribution in [2.45, 2.75) is 58.4 Å². The van der Waals surface area contributed by atoms with Crippen LogP contribution < -0.4 is 10.6 Å². The second-order valence-electron chi connectivity index (χ2n) is 7.14. The third kappa shape index (κ3) is 9.65. The number of aromatic hydroxyl groups is 1. The molecule has 0 radical (unpaired) electrons. The first-order chi connectivity index (χ1) is 12.7. The fourth-order valence-electron chi connectivity index (χ4n) is 3.33. The van der Waals surface area contributed by atoms with Gasteiger partial charge in [0, 0.05) is 32.2 Å². The number of nitrogens with zero attached hydrogens (tertiary/aromatic N) is 2. The van der Waals surface area contributed by atoms with Gasteiger partial charge in [0.2, 0.25) is 0 Å². The highest BCUT2D eigenvalue weighted by Crippen LogP contribution is 2.12. The molecule has 1 aromatic carbocycles. The van der Waals surface area contributed by atoms with E-state index in [2.05, 4.69) is 29.4 Å². The van der Waals surface area contributed by atoms with Gasteiger partial charge in [-0.3, -0.25) is 4.99 Å². The average Bonchev–Trinajstić information content (AvgIpc) is 2.66. The number of hydrogen-bond acceptors (Lipinski definition) is 3. The van der Waals surface area contributed by atoms with Crippen LogP contribution in [0.5, 0.6) is 5.75 Å². The van der Waals surface area contributed by atoms with Gasteiger partial charge >= 0.3 is 0 Å². The van der Waals surface area contributed by atoms with Gasteiger partial charge in [-0.25, -0.2) is 0 Å². The Hall–Kier alpha value is -1.02. The summed E-state index contributed by atoms with van der Waals surface area (Å²) < 4.78 is 0. The zero-order chi connectivity index (χ0) is 18.6. The smallest absolute Gasteiger partial charge is 0.191 e. The van der Waals surface area contributed by atoms with E-state index in [0.29, 0.717) is 11.8 Å². The van der Waals surface area contributed by atoms with Crippen molar-refractivity contribution in [1.82, 2.24) is 15.5 Å². The van der Waals surface area contributed by atoms with Crippen molar-refractivity contribution in [3.05, 3.63) is 29.8 Å². The fraction of sp³-hybridized carbons (Fsp3) is 0.667. The highest BCUT2D eigenvalue weighted by atomic mass is 127. The Morgan fingerprint density at radius 1 is 1.15 bits per heavy atom. The van der Waals surface area contributed by atoms with Crippen molar-refractivity contribution in [3.63, 3.8) is 0 Å². The van der Waals surface area contributed by atoms with Crippen molar-refractivity contribution in [2.75, 3.05) is 32.7 Å². The Balaban J connectivity index is 0.00000364. The van der Waals surface area contributed by atoms with Crippen molar-refractivity contribution in [3.8, 4) is 5.75 Å². The molecule has 1 aromatic rings. The van der Waals surface area contributed by atoms with E-state index in [1.54, 1.807) is 12.1 Å². The van der Waals surface area contributed by atoms with Crippen LogP contribution in [0.1, 0.15) is 51.5 Å². The zero-order valence-corrected chi connectivity index (χ0v) is 19.2. The quantitative estimate of drug-likeness (QED) is 0.215. The first-order valence-electron chi connectivity index (χ1n) is 10.3. The number of phenols is 1. The molecule has 0 saturated carbocycles. The minimum absolute atomic E-state index is 0. The van der Waals surface area contributed by atoms with Gasteiger partial charge in [0.25, 0.3) is 0 Å². The molecule has 0 aromatic heterocycles. The molecule has 0 atom stereocenters. The molecule has 0 spiro atoms. The number of hydrogen-bond donors (Lipinski definition) is 3. The van der Waals surface area contributed by atoms with Crippen LogP contribution in [-0.4, -0.2) is 54.7 Å². The molecular weight excluding hydrogens is 451 g/mol. The number of likely N-dealkylation sites (tertiary alicyclic amines) is 1. The standard InChI is InChI=1S/C21H36N4O.HI/c1-3-5-15-25-16-12-19(13-17-25)24-21(22-4-2)23-14-6-7-18-8-10-20(26)11-9-18;/h8-11,19,26H,3-7,12-17H2,1-2H3,(H2,22,23,24);1H. The van der Waals surface area contributed by atoms with Crippen LogP contribution in [0.3, 0.4) is 0 Å². The van der Waals surface area contributed by atoms with Crippen LogP contribution in [0.15, 0.2) is 29.3 Å². The number of piperidine rings is 1. The van der Waals surface area contributed by atoms with Gasteiger partial charge in [0.1, 0.15) is 5.75 Å². The van der Waals surface area contributed by atoms with E-state index in [4.69, 9.17) is 4.99 Å². The van der Waals surface area contributed by atoms with Crippen LogP contribution in [-0.2, 0) is 6.42 Å². The van der Waals surface area contributed by atoms with Gasteiger partial charge in [-0.1, -0.05) is 25.5 Å². The number of rotatable bonds is 9. The summed E-state index contributed by atoms with van der Waals surface area (Å²) in [4.78, 5) is 7.33. The molecule has 27 heavy (non-hydrogen) atoms. The topological polar surface area (TPSA) is 59.9 Å². The summed E-state index contributed by atoms with van der Waals surface area (Å²) in [7, 11) is 0. The lowest BCUT2D eigenvalue weighted by Gasteiger charge is -2.33. The Kier molecular flexibility index (Phi) is 12.5. The molecule has 0 bridgehead atoms. The number of phenolic OH excluding ortho intramolecular Hbond substituents is 1. The molecule has 1 heterocycles. The van der Waals surface area contributed by atoms with Gasteiger partial charge in [0.15, 0.2) is 5.96 Å². The normalized spacial score (nSPS) is 16.0. The second kappa shape index (κ2) is 14.0. The molecule has 5 nitrogen and oxygen atoms in total. The molecule has 1 fully saturated rings. The lowest BCUT2D eigenvalue weighted by atomic mass is 10.0. The highest BCUT2D eigenvalue weighted by molar-refractivity contribution is 14.0. The minimum Gasteiger partial charge on any atom is -0.508 e. The van der Waals surface area contributed by atoms with Crippen molar-refractivity contribution < 1.29 is 5.11 Å². The summed E-state index contributed by atoms with van der Waals surface area (Å²) in [5.74, 6) is 1.27. The number of benzene rings is 1. The van der Waals surface area contributed by atoms with Gasteiger partial charge < -0.3 is 20.6 Å². The number of unbranched alkanes of at least 4 members (excludes halogenated alkanes) is 1. The molecule has 3 N–H and O–H groups in total. The number of halogens is 1. The maximum absolute atomic E-state index is 9.33. The van der Waals surface area contributed by atoms with E-state index in [-0.39, 0.29) is 24.0 Å². The van der Waals surface area contributed by atoms with Crippen LogP contribution in [0.25, 0.3) is 0 Å². The first-order valence-corrected chi connectivity index (χ1v) is 10.3. The third-order valence-electron chi connectivity index (χ3n) is 4.93. The molecular formula is C21H37IN4O. The number of aryl methyl sites for hydroxylation is 1. The average molecular weight is 488 g/mol. The number of aliphatic imine (C=N–C) groups is 1. The second-order valence-corrected chi connectivity index (χ2v) is 7.14. The Bertz CT molecular complexity index is 527. The third-order valence-corrected chi connectivity index (χ3v) is 4.93. The summed E-state index contributed by atoms with van der Waals surface area (Å²) >= 11 is 0. The lowest BCUT2D eigenvalue weighted by Crippen LogP contribution is -2.48. The molecule has 1 aliphatic heterocycles. The van der Waals surface area contributed by atoms with Gasteiger partial charge in [-0.2, -0.15) is 0 Å². The molecule has 2 rings (SSSR count).